The van der Waals surface area contributed by atoms with Gasteiger partial charge in [0.2, 0.25) is 5.91 Å². The molecule has 1 N–H and O–H groups in total. The molecule has 1 amide bonds. The molecule has 1 saturated heterocycles. The van der Waals surface area contributed by atoms with E-state index in [1.165, 1.54) is 57.2 Å². The second-order valence-corrected chi connectivity index (χ2v) is 6.65. The summed E-state index contributed by atoms with van der Waals surface area (Å²) < 4.78 is 0. The molecule has 2 aliphatic rings. The summed E-state index contributed by atoms with van der Waals surface area (Å²) in [6.45, 7) is 3.29. The van der Waals surface area contributed by atoms with Crippen molar-refractivity contribution < 1.29 is 4.79 Å². The lowest BCUT2D eigenvalue weighted by molar-refractivity contribution is -0.119. The van der Waals surface area contributed by atoms with Crippen LogP contribution in [0.5, 0.6) is 0 Å². The Bertz CT molecular complexity index is 511. The molecule has 0 aromatic carbocycles. The third-order valence-electron chi connectivity index (χ3n) is 5.03. The van der Waals surface area contributed by atoms with Gasteiger partial charge in [0.1, 0.15) is 0 Å². The molecule has 22 heavy (non-hydrogen) atoms. The summed E-state index contributed by atoms with van der Waals surface area (Å²) in [4.78, 5) is 18.6. The third-order valence-corrected chi connectivity index (χ3v) is 5.03. The zero-order valence-electron chi connectivity index (χ0n) is 13.6. The van der Waals surface area contributed by atoms with Gasteiger partial charge in [-0.1, -0.05) is 25.3 Å². The fraction of sp³-hybridized carbons (Fsp3) is 0.667. The first-order valence-electron chi connectivity index (χ1n) is 8.70. The summed E-state index contributed by atoms with van der Waals surface area (Å²) in [5.41, 5.74) is 2.15. The standard InChI is InChI=1S/C18H27N3O/c1-14(22)19-13-15-7-5-10-17(20-15)18-11-6-12-21(18)16-8-3-2-4-9-16/h5,7,10,16,18H,2-4,6,8-9,11-13H2,1H3,(H,19,22)/t18-/m1/s1. The zero-order chi connectivity index (χ0) is 15.4. The molecule has 4 heteroatoms. The van der Waals surface area contributed by atoms with Crippen LogP contribution in [0.3, 0.4) is 0 Å². The molecule has 1 aromatic rings. The van der Waals surface area contributed by atoms with Gasteiger partial charge >= 0.3 is 0 Å². The molecule has 1 saturated carbocycles. The van der Waals surface area contributed by atoms with E-state index in [2.05, 4.69) is 22.3 Å². The first-order chi connectivity index (χ1) is 10.7. The molecule has 1 aliphatic carbocycles. The first-order valence-corrected chi connectivity index (χ1v) is 8.70. The van der Waals surface area contributed by atoms with Gasteiger partial charge in [-0.3, -0.25) is 14.7 Å². The number of pyridine rings is 1. The number of amides is 1. The molecule has 4 nitrogen and oxygen atoms in total. The minimum Gasteiger partial charge on any atom is -0.351 e. The third kappa shape index (κ3) is 3.67. The number of hydrogen-bond donors (Lipinski definition) is 1. The summed E-state index contributed by atoms with van der Waals surface area (Å²) >= 11 is 0. The Hall–Kier alpha value is -1.42. The Morgan fingerprint density at radius 2 is 2.05 bits per heavy atom. The van der Waals surface area contributed by atoms with E-state index in [1.54, 1.807) is 6.92 Å². The summed E-state index contributed by atoms with van der Waals surface area (Å²) in [6.07, 6.45) is 9.35. The van der Waals surface area contributed by atoms with E-state index < -0.39 is 0 Å². The van der Waals surface area contributed by atoms with Gasteiger partial charge in [-0.05, 0) is 44.4 Å². The number of likely N-dealkylation sites (tertiary alicyclic amines) is 1. The summed E-state index contributed by atoms with van der Waals surface area (Å²) in [6, 6.07) is 7.46. The monoisotopic (exact) mass is 301 g/mol. The van der Waals surface area contributed by atoms with E-state index in [1.807, 2.05) is 6.07 Å². The minimum absolute atomic E-state index is 0.00287. The first kappa shape index (κ1) is 15.5. The highest BCUT2D eigenvalue weighted by Crippen LogP contribution is 2.36. The van der Waals surface area contributed by atoms with Crippen LogP contribution in [-0.2, 0) is 11.3 Å². The molecule has 1 aromatic heterocycles. The van der Waals surface area contributed by atoms with Crippen LogP contribution in [0.4, 0.5) is 0 Å². The Labute approximate surface area is 133 Å². The van der Waals surface area contributed by atoms with Gasteiger partial charge in [0.15, 0.2) is 0 Å². The van der Waals surface area contributed by atoms with E-state index in [4.69, 9.17) is 4.98 Å². The number of aromatic nitrogens is 1. The largest absolute Gasteiger partial charge is 0.351 e. The molecule has 2 heterocycles. The number of nitrogens with one attached hydrogen (secondary N) is 1. The van der Waals surface area contributed by atoms with Crippen molar-refractivity contribution in [2.75, 3.05) is 6.54 Å². The van der Waals surface area contributed by atoms with Crippen molar-refractivity contribution in [3.8, 4) is 0 Å². The molecule has 0 radical (unpaired) electrons. The average Bonchev–Trinajstić information content (AvgIpc) is 3.04. The smallest absolute Gasteiger partial charge is 0.217 e. The van der Waals surface area contributed by atoms with E-state index in [0.29, 0.717) is 12.6 Å². The molecule has 120 valence electrons. The highest BCUT2D eigenvalue weighted by Gasteiger charge is 2.33. The maximum Gasteiger partial charge on any atom is 0.217 e. The van der Waals surface area contributed by atoms with Crippen LogP contribution in [0, 0.1) is 0 Å². The topological polar surface area (TPSA) is 45.2 Å². The molecular weight excluding hydrogens is 274 g/mol. The number of rotatable bonds is 4. The summed E-state index contributed by atoms with van der Waals surface area (Å²) in [5.74, 6) is -0.00287. The molecule has 3 rings (SSSR count). The SMILES string of the molecule is CC(=O)NCc1cccc([C@H]2CCCN2C2CCCCC2)n1. The fourth-order valence-corrected chi connectivity index (χ4v) is 3.95. The lowest BCUT2D eigenvalue weighted by Crippen LogP contribution is -2.36. The second kappa shape index (κ2) is 7.23. The Kier molecular flexibility index (Phi) is 5.08. The number of nitrogens with zero attached hydrogens (tertiary/aromatic N) is 2. The van der Waals surface area contributed by atoms with Crippen LogP contribution in [0.2, 0.25) is 0 Å². The minimum atomic E-state index is -0.00287. The molecule has 1 aliphatic heterocycles. The van der Waals surface area contributed by atoms with Gasteiger partial charge in [0, 0.05) is 13.0 Å². The molecular formula is C18H27N3O. The van der Waals surface area contributed by atoms with Gasteiger partial charge in [0.25, 0.3) is 0 Å². The molecule has 0 unspecified atom stereocenters. The Balaban J connectivity index is 1.71. The van der Waals surface area contributed by atoms with Crippen molar-refractivity contribution in [2.24, 2.45) is 0 Å². The van der Waals surface area contributed by atoms with Crippen molar-refractivity contribution in [3.63, 3.8) is 0 Å². The zero-order valence-corrected chi connectivity index (χ0v) is 13.6. The van der Waals surface area contributed by atoms with Crippen molar-refractivity contribution in [3.05, 3.63) is 29.6 Å². The van der Waals surface area contributed by atoms with Gasteiger partial charge in [-0.15, -0.1) is 0 Å². The van der Waals surface area contributed by atoms with Crippen LogP contribution in [0.1, 0.15) is 69.3 Å². The van der Waals surface area contributed by atoms with Crippen LogP contribution < -0.4 is 5.32 Å². The van der Waals surface area contributed by atoms with Crippen LogP contribution in [-0.4, -0.2) is 28.4 Å². The van der Waals surface area contributed by atoms with Gasteiger partial charge < -0.3 is 5.32 Å². The van der Waals surface area contributed by atoms with Crippen LogP contribution in [0.25, 0.3) is 0 Å². The van der Waals surface area contributed by atoms with Gasteiger partial charge in [-0.25, -0.2) is 0 Å². The van der Waals surface area contributed by atoms with E-state index in [0.717, 1.165) is 11.7 Å². The van der Waals surface area contributed by atoms with Gasteiger partial charge in [0.05, 0.1) is 24.0 Å². The van der Waals surface area contributed by atoms with E-state index >= 15 is 0 Å². The summed E-state index contributed by atoms with van der Waals surface area (Å²) in [7, 11) is 0. The highest BCUT2D eigenvalue weighted by atomic mass is 16.1. The second-order valence-electron chi connectivity index (χ2n) is 6.65. The van der Waals surface area contributed by atoms with Crippen molar-refractivity contribution >= 4 is 5.91 Å². The molecule has 0 bridgehead atoms. The van der Waals surface area contributed by atoms with Gasteiger partial charge in [-0.2, -0.15) is 0 Å². The Morgan fingerprint density at radius 1 is 1.23 bits per heavy atom. The average molecular weight is 301 g/mol. The normalized spacial score (nSPS) is 23.6. The quantitative estimate of drug-likeness (QED) is 0.929. The van der Waals surface area contributed by atoms with E-state index in [9.17, 15) is 4.79 Å². The molecule has 0 spiro atoms. The maximum atomic E-state index is 11.1. The van der Waals surface area contributed by atoms with Crippen LogP contribution >= 0.6 is 0 Å². The fourth-order valence-electron chi connectivity index (χ4n) is 3.95. The van der Waals surface area contributed by atoms with E-state index in [-0.39, 0.29) is 5.91 Å². The van der Waals surface area contributed by atoms with Crippen molar-refractivity contribution in [1.29, 1.82) is 0 Å². The van der Waals surface area contributed by atoms with Crippen molar-refractivity contribution in [2.45, 2.75) is 70.5 Å². The molecule has 2 fully saturated rings. The van der Waals surface area contributed by atoms with Crippen molar-refractivity contribution in [1.82, 2.24) is 15.2 Å². The predicted molar refractivity (Wildman–Crippen MR) is 87.3 cm³/mol. The molecule has 1 atom stereocenters. The Morgan fingerprint density at radius 3 is 2.82 bits per heavy atom. The lowest BCUT2D eigenvalue weighted by atomic mass is 9.93. The number of hydrogen-bond acceptors (Lipinski definition) is 3. The van der Waals surface area contributed by atoms with Crippen LogP contribution in [0.15, 0.2) is 18.2 Å². The lowest BCUT2D eigenvalue weighted by Gasteiger charge is -2.35. The summed E-state index contributed by atoms with van der Waals surface area (Å²) in [5, 5.41) is 2.84. The number of carbonyl (C=O) groups is 1. The number of carbonyl (C=O) groups excluding carboxylic acids is 1. The maximum absolute atomic E-state index is 11.1. The predicted octanol–water partition coefficient (Wildman–Crippen LogP) is 3.19. The highest BCUT2D eigenvalue weighted by molar-refractivity contribution is 5.72.